The minimum absolute atomic E-state index is 0.0741. The van der Waals surface area contributed by atoms with Crippen molar-refractivity contribution in [1.29, 1.82) is 0 Å². The highest BCUT2D eigenvalue weighted by molar-refractivity contribution is 5.59. The van der Waals surface area contributed by atoms with Gasteiger partial charge in [0.1, 0.15) is 17.3 Å². The van der Waals surface area contributed by atoms with Gasteiger partial charge in [-0.2, -0.15) is 5.10 Å². The Morgan fingerprint density at radius 2 is 1.96 bits per heavy atom. The number of rotatable bonds is 6. The van der Waals surface area contributed by atoms with Crippen LogP contribution in [0.5, 0.6) is 0 Å². The highest BCUT2D eigenvalue weighted by atomic mass is 19.1. The fraction of sp³-hybridized carbons (Fsp3) is 0.400. The highest BCUT2D eigenvalue weighted by Crippen LogP contribution is 2.30. The van der Waals surface area contributed by atoms with E-state index in [1.165, 1.54) is 29.8 Å². The molecule has 1 atom stereocenters. The second-order valence-electron chi connectivity index (χ2n) is 5.66. The predicted molar refractivity (Wildman–Crippen MR) is 85.9 cm³/mol. The Morgan fingerprint density at radius 3 is 2.46 bits per heavy atom. The summed E-state index contributed by atoms with van der Waals surface area (Å²) < 4.78 is 29.5. The molecule has 1 unspecified atom stereocenters. The molecule has 130 valence electrons. The van der Waals surface area contributed by atoms with Crippen molar-refractivity contribution < 1.29 is 13.7 Å². The third-order valence-electron chi connectivity index (χ3n) is 3.79. The van der Waals surface area contributed by atoms with E-state index in [-0.39, 0.29) is 29.3 Å². The zero-order valence-electron chi connectivity index (χ0n) is 13.9. The van der Waals surface area contributed by atoms with Crippen LogP contribution in [0, 0.1) is 28.7 Å². The smallest absolute Gasteiger partial charge is 0.333 e. The molecule has 0 radical (unpaired) electrons. The molecule has 0 fully saturated rings. The third-order valence-corrected chi connectivity index (χ3v) is 3.79. The number of likely N-dealkylation sites (N-methyl/N-ethyl adjacent to an activating group) is 1. The molecule has 1 aromatic heterocycles. The number of nitrogens with zero attached hydrogens (tertiary/aromatic N) is 4. The van der Waals surface area contributed by atoms with E-state index in [4.69, 9.17) is 0 Å². The Bertz CT molecular complexity index is 740. The molecule has 0 saturated carbocycles. The van der Waals surface area contributed by atoms with Crippen LogP contribution in [0.15, 0.2) is 18.2 Å². The molecule has 0 aliphatic carbocycles. The average Bonchev–Trinajstić information content (AvgIpc) is 2.75. The van der Waals surface area contributed by atoms with Crippen LogP contribution < -0.4 is 5.32 Å². The summed E-state index contributed by atoms with van der Waals surface area (Å²) in [6, 6.07) is 3.02. The van der Waals surface area contributed by atoms with Crippen molar-refractivity contribution in [2.45, 2.75) is 13.0 Å². The molecule has 0 saturated heterocycles. The number of benzene rings is 1. The van der Waals surface area contributed by atoms with E-state index in [2.05, 4.69) is 10.4 Å². The molecular weight excluding hydrogens is 320 g/mol. The number of nitro groups is 1. The molecule has 24 heavy (non-hydrogen) atoms. The normalized spacial score (nSPS) is 12.5. The molecule has 0 spiro atoms. The van der Waals surface area contributed by atoms with Gasteiger partial charge in [-0.25, -0.2) is 13.5 Å². The first-order valence-corrected chi connectivity index (χ1v) is 7.26. The quantitative estimate of drug-likeness (QED) is 0.647. The van der Waals surface area contributed by atoms with Gasteiger partial charge in [-0.05, 0) is 33.2 Å². The van der Waals surface area contributed by atoms with Crippen LogP contribution in [0.2, 0.25) is 0 Å². The standard InChI is InChI=1S/C15H19F2N5O2/c1-9-14(22(23)24)15(21(4)19-9)18-8-12(20(2)3)13-10(16)6-5-7-11(13)17/h5-7,12,18H,8H2,1-4H3. The maximum Gasteiger partial charge on any atom is 0.333 e. The number of aromatic nitrogens is 2. The lowest BCUT2D eigenvalue weighted by Gasteiger charge is -2.26. The van der Waals surface area contributed by atoms with Crippen LogP contribution in [-0.4, -0.2) is 40.2 Å². The van der Waals surface area contributed by atoms with E-state index in [0.717, 1.165) is 0 Å². The van der Waals surface area contributed by atoms with Crippen molar-refractivity contribution in [2.75, 3.05) is 26.0 Å². The van der Waals surface area contributed by atoms with Gasteiger partial charge in [-0.3, -0.25) is 10.1 Å². The Morgan fingerprint density at radius 1 is 1.38 bits per heavy atom. The monoisotopic (exact) mass is 339 g/mol. The van der Waals surface area contributed by atoms with Gasteiger partial charge in [0.05, 0.1) is 11.0 Å². The van der Waals surface area contributed by atoms with Crippen LogP contribution in [0.1, 0.15) is 17.3 Å². The zero-order valence-corrected chi connectivity index (χ0v) is 13.9. The van der Waals surface area contributed by atoms with Crippen LogP contribution in [0.3, 0.4) is 0 Å². The van der Waals surface area contributed by atoms with Crippen LogP contribution in [-0.2, 0) is 7.05 Å². The van der Waals surface area contributed by atoms with E-state index in [9.17, 15) is 18.9 Å². The fourth-order valence-electron chi connectivity index (χ4n) is 2.63. The molecular formula is C15H19F2N5O2. The van der Waals surface area contributed by atoms with Gasteiger partial charge in [0.2, 0.25) is 5.82 Å². The van der Waals surface area contributed by atoms with Crippen molar-refractivity contribution >= 4 is 11.5 Å². The lowest BCUT2D eigenvalue weighted by molar-refractivity contribution is -0.384. The molecule has 1 heterocycles. The van der Waals surface area contributed by atoms with Gasteiger partial charge < -0.3 is 10.2 Å². The lowest BCUT2D eigenvalue weighted by atomic mass is 10.0. The van der Waals surface area contributed by atoms with Gasteiger partial charge in [-0.15, -0.1) is 0 Å². The van der Waals surface area contributed by atoms with Crippen LogP contribution >= 0.6 is 0 Å². The molecule has 1 N–H and O–H groups in total. The number of hydrogen-bond acceptors (Lipinski definition) is 5. The van der Waals surface area contributed by atoms with Crippen molar-refractivity contribution in [3.8, 4) is 0 Å². The highest BCUT2D eigenvalue weighted by Gasteiger charge is 2.27. The third kappa shape index (κ3) is 3.35. The van der Waals surface area contributed by atoms with Crippen molar-refractivity contribution in [3.63, 3.8) is 0 Å². The number of anilines is 1. The van der Waals surface area contributed by atoms with Gasteiger partial charge >= 0.3 is 5.69 Å². The second-order valence-corrected chi connectivity index (χ2v) is 5.66. The SMILES string of the molecule is Cc1nn(C)c(NCC(c2c(F)cccc2F)N(C)C)c1[N+](=O)[O-]. The fourth-order valence-corrected chi connectivity index (χ4v) is 2.63. The Labute approximate surface area is 138 Å². The van der Waals surface area contributed by atoms with Gasteiger partial charge in [0, 0.05) is 19.2 Å². The molecule has 0 aliphatic rings. The Kier molecular flexibility index (Phi) is 5.13. The molecule has 9 heteroatoms. The molecule has 0 aliphatic heterocycles. The van der Waals surface area contributed by atoms with Crippen molar-refractivity contribution in [2.24, 2.45) is 7.05 Å². The summed E-state index contributed by atoms with van der Waals surface area (Å²) in [5.41, 5.74) is 0.0315. The van der Waals surface area contributed by atoms with Gasteiger partial charge in [0.15, 0.2) is 0 Å². The molecule has 0 amide bonds. The Balaban J connectivity index is 2.33. The van der Waals surface area contributed by atoms with Gasteiger partial charge in [0.25, 0.3) is 0 Å². The minimum Gasteiger partial charge on any atom is -0.363 e. The molecule has 2 rings (SSSR count). The zero-order chi connectivity index (χ0) is 18.0. The first-order valence-electron chi connectivity index (χ1n) is 7.26. The summed E-state index contributed by atoms with van der Waals surface area (Å²) in [5, 5.41) is 18.1. The van der Waals surface area contributed by atoms with Crippen molar-refractivity contribution in [3.05, 3.63) is 51.2 Å². The van der Waals surface area contributed by atoms with E-state index < -0.39 is 22.6 Å². The second kappa shape index (κ2) is 6.91. The lowest BCUT2D eigenvalue weighted by Crippen LogP contribution is -2.29. The van der Waals surface area contributed by atoms with Crippen LogP contribution in [0.4, 0.5) is 20.3 Å². The predicted octanol–water partition coefficient (Wildman–Crippen LogP) is 2.63. The summed E-state index contributed by atoms with van der Waals surface area (Å²) in [6.07, 6.45) is 0. The summed E-state index contributed by atoms with van der Waals surface area (Å²) in [7, 11) is 4.93. The van der Waals surface area contributed by atoms with Gasteiger partial charge in [-0.1, -0.05) is 6.07 Å². The largest absolute Gasteiger partial charge is 0.363 e. The summed E-state index contributed by atoms with van der Waals surface area (Å²) >= 11 is 0. The minimum atomic E-state index is -0.661. The first kappa shape index (κ1) is 17.8. The molecule has 0 bridgehead atoms. The van der Waals surface area contributed by atoms with E-state index in [1.807, 2.05) is 0 Å². The summed E-state index contributed by atoms with van der Waals surface area (Å²) in [5.74, 6) is -1.13. The number of aryl methyl sites for hydroxylation is 2. The summed E-state index contributed by atoms with van der Waals surface area (Å²) in [4.78, 5) is 12.3. The van der Waals surface area contributed by atoms with E-state index in [0.29, 0.717) is 0 Å². The van der Waals surface area contributed by atoms with E-state index in [1.54, 1.807) is 26.0 Å². The number of nitrogens with one attached hydrogen (secondary N) is 1. The topological polar surface area (TPSA) is 76.2 Å². The maximum absolute atomic E-state index is 14.1. The molecule has 2 aromatic rings. The van der Waals surface area contributed by atoms with Crippen LogP contribution in [0.25, 0.3) is 0 Å². The van der Waals surface area contributed by atoms with Crippen molar-refractivity contribution in [1.82, 2.24) is 14.7 Å². The molecule has 7 nitrogen and oxygen atoms in total. The summed E-state index contributed by atoms with van der Waals surface area (Å²) in [6.45, 7) is 1.61. The first-order chi connectivity index (χ1) is 11.2. The number of halogens is 2. The number of hydrogen-bond donors (Lipinski definition) is 1. The Hall–Kier alpha value is -2.55. The average molecular weight is 339 g/mol. The molecule has 1 aromatic carbocycles. The van der Waals surface area contributed by atoms with E-state index >= 15 is 0 Å². The maximum atomic E-state index is 14.1.